The first-order valence-electron chi connectivity index (χ1n) is 13.5. The molecule has 0 saturated heterocycles. The molecule has 3 aromatic heterocycles. The maximum atomic E-state index is 6.41. The van der Waals surface area contributed by atoms with E-state index in [-0.39, 0.29) is 18.2 Å². The molecule has 3 unspecified atom stereocenters. The van der Waals surface area contributed by atoms with E-state index >= 15 is 0 Å². The third-order valence-corrected chi connectivity index (χ3v) is 7.84. The molecule has 40 heavy (non-hydrogen) atoms. The van der Waals surface area contributed by atoms with Crippen LogP contribution in [0.1, 0.15) is 29.3 Å². The number of nitrogens with one attached hydrogen (secondary N) is 2. The Bertz CT molecular complexity index is 1880. The van der Waals surface area contributed by atoms with Crippen LogP contribution in [0.2, 0.25) is 0 Å². The number of nitrogens with zero attached hydrogens (tertiary/aromatic N) is 4. The number of fused-ring (bicyclic) bond motifs is 6. The highest BCUT2D eigenvalue weighted by Crippen LogP contribution is 2.41. The Labute approximate surface area is 231 Å². The molecule has 0 fully saturated rings. The van der Waals surface area contributed by atoms with Gasteiger partial charge in [-0.05, 0) is 42.3 Å². The fourth-order valence-electron chi connectivity index (χ4n) is 5.89. The zero-order valence-corrected chi connectivity index (χ0v) is 21.6. The molecule has 2 N–H and O–H groups in total. The molecule has 0 bridgehead atoms. The molecule has 1 aliphatic carbocycles. The summed E-state index contributed by atoms with van der Waals surface area (Å²) in [6.45, 7) is 0. The fraction of sp³-hybridized carbons (Fsp3) is 0.121. The van der Waals surface area contributed by atoms with Gasteiger partial charge >= 0.3 is 0 Å². The Hall–Kier alpha value is -5.01. The molecular weight excluding hydrogens is 496 g/mol. The van der Waals surface area contributed by atoms with Crippen LogP contribution in [0.3, 0.4) is 0 Å². The van der Waals surface area contributed by atoms with Crippen LogP contribution in [0.4, 0.5) is 0 Å². The van der Waals surface area contributed by atoms with Gasteiger partial charge in [-0.2, -0.15) is 0 Å². The highest BCUT2D eigenvalue weighted by atomic mass is 16.5. The number of benzene rings is 2. The van der Waals surface area contributed by atoms with Crippen molar-refractivity contribution in [1.82, 2.24) is 25.2 Å². The van der Waals surface area contributed by atoms with E-state index < -0.39 is 0 Å². The zero-order chi connectivity index (χ0) is 26.5. The summed E-state index contributed by atoms with van der Waals surface area (Å²) in [5, 5.41) is 9.74. The van der Waals surface area contributed by atoms with Gasteiger partial charge in [0.25, 0.3) is 0 Å². The second-order valence-electron chi connectivity index (χ2n) is 10.2. The Morgan fingerprint density at radius 1 is 0.850 bits per heavy atom. The maximum Gasteiger partial charge on any atom is 0.206 e. The summed E-state index contributed by atoms with van der Waals surface area (Å²) in [6, 6.07) is 18.6. The topological polar surface area (TPSA) is 76.4 Å². The van der Waals surface area contributed by atoms with Crippen molar-refractivity contribution in [2.75, 3.05) is 0 Å². The molecule has 0 radical (unpaired) electrons. The first kappa shape index (κ1) is 22.9. The second-order valence-corrected chi connectivity index (χ2v) is 10.2. The molecule has 0 spiro atoms. The van der Waals surface area contributed by atoms with E-state index in [4.69, 9.17) is 9.73 Å². The van der Waals surface area contributed by atoms with E-state index in [1.54, 1.807) is 12.4 Å². The van der Waals surface area contributed by atoms with Gasteiger partial charge in [0.2, 0.25) is 5.96 Å². The molecule has 3 atom stereocenters. The van der Waals surface area contributed by atoms with E-state index in [1.807, 2.05) is 30.6 Å². The predicted octanol–water partition coefficient (Wildman–Crippen LogP) is 6.41. The monoisotopic (exact) mass is 522 g/mol. The zero-order valence-electron chi connectivity index (χ0n) is 21.6. The van der Waals surface area contributed by atoms with Crippen molar-refractivity contribution in [1.29, 1.82) is 0 Å². The number of aromatic nitrogens is 3. The summed E-state index contributed by atoms with van der Waals surface area (Å²) in [6.07, 6.45) is 21.0. The molecule has 2 aliphatic heterocycles. The minimum atomic E-state index is -0.213. The largest absolute Gasteiger partial charge is 0.454 e. The number of ether oxygens (including phenoxy) is 1. The predicted molar refractivity (Wildman–Crippen MR) is 159 cm³/mol. The molecule has 7 nitrogen and oxygen atoms in total. The second kappa shape index (κ2) is 9.32. The van der Waals surface area contributed by atoms with Crippen LogP contribution in [-0.2, 0) is 0 Å². The van der Waals surface area contributed by atoms with Crippen molar-refractivity contribution in [2.24, 2.45) is 10.9 Å². The Morgan fingerprint density at radius 2 is 1.75 bits per heavy atom. The number of allylic oxidation sites excluding steroid dienone is 3. The lowest BCUT2D eigenvalue weighted by molar-refractivity contribution is 0.324. The Morgan fingerprint density at radius 3 is 2.65 bits per heavy atom. The molecule has 0 saturated carbocycles. The van der Waals surface area contributed by atoms with Gasteiger partial charge in [-0.25, -0.2) is 4.99 Å². The molecule has 5 heterocycles. The number of rotatable bonds is 2. The highest BCUT2D eigenvalue weighted by molar-refractivity contribution is 6.16. The van der Waals surface area contributed by atoms with Crippen molar-refractivity contribution in [3.63, 3.8) is 0 Å². The molecule has 3 aliphatic rings. The van der Waals surface area contributed by atoms with Crippen LogP contribution in [-0.4, -0.2) is 26.7 Å². The first-order valence-corrected chi connectivity index (χ1v) is 13.5. The van der Waals surface area contributed by atoms with Gasteiger partial charge in [0.05, 0.1) is 29.6 Å². The summed E-state index contributed by atoms with van der Waals surface area (Å²) in [5.74, 6) is 2.56. The third kappa shape index (κ3) is 3.74. The molecule has 2 aromatic carbocycles. The average Bonchev–Trinajstić information content (AvgIpc) is 3.24. The van der Waals surface area contributed by atoms with Gasteiger partial charge in [-0.15, -0.1) is 0 Å². The quantitative estimate of drug-likeness (QED) is 0.275. The van der Waals surface area contributed by atoms with Crippen molar-refractivity contribution in [2.45, 2.75) is 18.8 Å². The smallest absolute Gasteiger partial charge is 0.206 e. The lowest BCUT2D eigenvalue weighted by atomic mass is 9.96. The van der Waals surface area contributed by atoms with Crippen molar-refractivity contribution < 1.29 is 4.74 Å². The number of aliphatic imine (C=N–C) groups is 1. The van der Waals surface area contributed by atoms with E-state index in [0.717, 1.165) is 62.4 Å². The Balaban J connectivity index is 1.36. The number of hydrogen-bond acceptors (Lipinski definition) is 6. The van der Waals surface area contributed by atoms with Gasteiger partial charge in [-0.3, -0.25) is 19.9 Å². The number of pyridine rings is 2. The van der Waals surface area contributed by atoms with E-state index in [0.29, 0.717) is 0 Å². The minimum Gasteiger partial charge on any atom is -0.454 e. The maximum absolute atomic E-state index is 6.41. The Kier molecular flexibility index (Phi) is 5.34. The van der Waals surface area contributed by atoms with Gasteiger partial charge in [0.1, 0.15) is 11.9 Å². The van der Waals surface area contributed by atoms with Crippen molar-refractivity contribution in [3.05, 3.63) is 120 Å². The van der Waals surface area contributed by atoms with Crippen LogP contribution in [0.15, 0.2) is 109 Å². The lowest BCUT2D eigenvalue weighted by Gasteiger charge is -2.36. The molecule has 8 rings (SSSR count). The molecular formula is C33H26N6O. The van der Waals surface area contributed by atoms with Crippen molar-refractivity contribution in [3.8, 4) is 11.5 Å². The van der Waals surface area contributed by atoms with Gasteiger partial charge in [0, 0.05) is 40.2 Å². The van der Waals surface area contributed by atoms with Gasteiger partial charge < -0.3 is 10.1 Å². The summed E-state index contributed by atoms with van der Waals surface area (Å²) >= 11 is 0. The van der Waals surface area contributed by atoms with Crippen LogP contribution in [0.5, 0.6) is 11.5 Å². The summed E-state index contributed by atoms with van der Waals surface area (Å²) in [4.78, 5) is 14.1. The third-order valence-electron chi connectivity index (χ3n) is 7.84. The van der Waals surface area contributed by atoms with Crippen molar-refractivity contribution >= 4 is 39.9 Å². The van der Waals surface area contributed by atoms with Crippen LogP contribution in [0, 0.1) is 5.92 Å². The molecule has 194 valence electrons. The molecule has 7 heteroatoms. The van der Waals surface area contributed by atoms with E-state index in [1.165, 1.54) is 0 Å². The minimum absolute atomic E-state index is 0.0208. The lowest BCUT2D eigenvalue weighted by Crippen LogP contribution is -2.56. The average molecular weight is 523 g/mol. The summed E-state index contributed by atoms with van der Waals surface area (Å²) < 4.78 is 8.63. The normalized spacial score (nSPS) is 21.3. The van der Waals surface area contributed by atoms with Gasteiger partial charge in [-0.1, -0.05) is 60.7 Å². The standard InChI is InChI=1S/C33H26N6O/c1-3-7-22(8-4-1)31-36-32(23-9-5-2-6-10-23)38-33(37-31)39-27-19-34-18-16-24(27)25-13-14-28-26(30(25)39)12-11-21-15-17-35-20-29(21)40-28/h1-9,11-20,23,31-32,36H,10H2,(H,37,38). The molecule has 0 amide bonds. The molecule has 5 aromatic rings. The van der Waals surface area contributed by atoms with Crippen LogP contribution < -0.4 is 15.4 Å². The SMILES string of the molecule is C1=CCC(C2NC(n3c4cnccc4c4ccc5c(c43)C=Cc3ccncc3O5)=NC(c3ccccc3)N2)C=C1. The van der Waals surface area contributed by atoms with E-state index in [9.17, 15) is 0 Å². The van der Waals surface area contributed by atoms with E-state index in [2.05, 4.69) is 98.0 Å². The summed E-state index contributed by atoms with van der Waals surface area (Å²) in [5.41, 5.74) is 5.10. The van der Waals surface area contributed by atoms with Gasteiger partial charge in [0.15, 0.2) is 5.75 Å². The van der Waals surface area contributed by atoms with Crippen LogP contribution in [0.25, 0.3) is 34.0 Å². The summed E-state index contributed by atoms with van der Waals surface area (Å²) in [7, 11) is 0. The number of hydrogen-bond donors (Lipinski definition) is 2. The first-order chi connectivity index (χ1) is 19.8. The van der Waals surface area contributed by atoms with Crippen LogP contribution >= 0.6 is 0 Å². The highest BCUT2D eigenvalue weighted by Gasteiger charge is 2.31. The fourth-order valence-corrected chi connectivity index (χ4v) is 5.89.